The lowest BCUT2D eigenvalue weighted by molar-refractivity contribution is 0.0441. The van der Waals surface area contributed by atoms with Gasteiger partial charge in [-0.2, -0.15) is 12.7 Å². The molecule has 0 bridgehead atoms. The van der Waals surface area contributed by atoms with Gasteiger partial charge in [-0.15, -0.1) is 0 Å². The molecule has 7 heteroatoms. The minimum Gasteiger partial charge on any atom is -0.216 e. The molecule has 2 N–H and O–H groups in total. The smallest absolute Gasteiger partial charge is 0.216 e. The van der Waals surface area contributed by atoms with Crippen LogP contribution in [0.25, 0.3) is 0 Å². The summed E-state index contributed by atoms with van der Waals surface area (Å²) in [5, 5.41) is 4.80. The molecule has 0 aromatic heterocycles. The number of nitrogens with zero attached hydrogens (tertiary/aromatic N) is 1. The van der Waals surface area contributed by atoms with Crippen LogP contribution in [0.4, 0.5) is 8.78 Å². The van der Waals surface area contributed by atoms with E-state index in [0.717, 1.165) is 0 Å². The van der Waals surface area contributed by atoms with Crippen molar-refractivity contribution in [3.05, 3.63) is 0 Å². The van der Waals surface area contributed by atoms with Crippen LogP contribution >= 0.6 is 0 Å². The quantitative estimate of drug-likeness (QED) is 0.719. The van der Waals surface area contributed by atoms with Crippen LogP contribution in [0.1, 0.15) is 19.3 Å². The molecule has 0 saturated carbocycles. The van der Waals surface area contributed by atoms with Gasteiger partial charge >= 0.3 is 0 Å². The van der Waals surface area contributed by atoms with E-state index in [0.29, 0.717) is 17.1 Å². The van der Waals surface area contributed by atoms with Crippen LogP contribution < -0.4 is 5.14 Å². The number of nitrogens with two attached hydrogens (primary N) is 1. The van der Waals surface area contributed by atoms with Crippen molar-refractivity contribution in [2.45, 2.75) is 31.7 Å². The molecule has 1 saturated heterocycles. The molecule has 0 amide bonds. The molecule has 1 rings (SSSR count). The third-order valence-electron chi connectivity index (χ3n) is 2.12. The zero-order chi connectivity index (χ0) is 10.1. The topological polar surface area (TPSA) is 63.4 Å². The number of hydrogen-bond acceptors (Lipinski definition) is 2. The second kappa shape index (κ2) is 3.85. The van der Waals surface area contributed by atoms with Crippen molar-refractivity contribution in [1.82, 2.24) is 4.31 Å². The number of hydrogen-bond donors (Lipinski definition) is 1. The monoisotopic (exact) mass is 214 g/mol. The van der Waals surface area contributed by atoms with Gasteiger partial charge < -0.3 is 0 Å². The molecular formula is C6H12F2N2O2S. The van der Waals surface area contributed by atoms with Crippen molar-refractivity contribution in [2.24, 2.45) is 5.14 Å². The Morgan fingerprint density at radius 3 is 2.38 bits per heavy atom. The van der Waals surface area contributed by atoms with Gasteiger partial charge in [0, 0.05) is 6.54 Å². The van der Waals surface area contributed by atoms with Crippen molar-refractivity contribution in [1.29, 1.82) is 0 Å². The molecule has 1 heterocycles. The molecular weight excluding hydrogens is 202 g/mol. The zero-order valence-electron chi connectivity index (χ0n) is 6.99. The van der Waals surface area contributed by atoms with Crippen LogP contribution in [-0.2, 0) is 10.2 Å². The number of piperidine rings is 1. The number of rotatable bonds is 2. The molecule has 1 fully saturated rings. The van der Waals surface area contributed by atoms with Gasteiger partial charge in [0.15, 0.2) is 0 Å². The Labute approximate surface area is 75.9 Å². The summed E-state index contributed by atoms with van der Waals surface area (Å²) >= 11 is 0. The van der Waals surface area contributed by atoms with E-state index in [1.807, 2.05) is 0 Å². The Hall–Kier alpha value is -0.270. The van der Waals surface area contributed by atoms with Crippen molar-refractivity contribution >= 4 is 10.2 Å². The summed E-state index contributed by atoms with van der Waals surface area (Å²) in [6.07, 6.45) is -1.24. The van der Waals surface area contributed by atoms with Crippen LogP contribution in [0, 0.1) is 0 Å². The van der Waals surface area contributed by atoms with Gasteiger partial charge in [0.2, 0.25) is 0 Å². The maximum absolute atomic E-state index is 12.3. The Balaban J connectivity index is 2.80. The van der Waals surface area contributed by atoms with Crippen molar-refractivity contribution in [3.63, 3.8) is 0 Å². The van der Waals surface area contributed by atoms with E-state index >= 15 is 0 Å². The maximum atomic E-state index is 12.3. The van der Waals surface area contributed by atoms with E-state index in [1.54, 1.807) is 0 Å². The van der Waals surface area contributed by atoms with Gasteiger partial charge in [0.05, 0.1) is 6.04 Å². The molecule has 1 atom stereocenters. The van der Waals surface area contributed by atoms with Crippen molar-refractivity contribution < 1.29 is 17.2 Å². The van der Waals surface area contributed by atoms with Gasteiger partial charge in [-0.25, -0.2) is 13.9 Å². The minimum atomic E-state index is -3.97. The minimum absolute atomic E-state index is 0.105. The van der Waals surface area contributed by atoms with Crippen LogP contribution in [0.15, 0.2) is 0 Å². The van der Waals surface area contributed by atoms with Gasteiger partial charge in [0.25, 0.3) is 16.6 Å². The van der Waals surface area contributed by atoms with E-state index in [2.05, 4.69) is 0 Å². The maximum Gasteiger partial charge on any atom is 0.277 e. The fourth-order valence-corrected chi connectivity index (χ4v) is 2.46. The summed E-state index contributed by atoms with van der Waals surface area (Å²) in [5.74, 6) is 0. The van der Waals surface area contributed by atoms with Gasteiger partial charge in [0.1, 0.15) is 0 Å². The Morgan fingerprint density at radius 1 is 1.38 bits per heavy atom. The highest BCUT2D eigenvalue weighted by Crippen LogP contribution is 2.23. The first kappa shape index (κ1) is 10.8. The summed E-state index contributed by atoms with van der Waals surface area (Å²) in [7, 11) is -3.97. The van der Waals surface area contributed by atoms with E-state index < -0.39 is 22.7 Å². The summed E-state index contributed by atoms with van der Waals surface area (Å²) in [6, 6.07) is -1.23. The van der Waals surface area contributed by atoms with Gasteiger partial charge in [-0.3, -0.25) is 0 Å². The second-order valence-electron chi connectivity index (χ2n) is 3.05. The SMILES string of the molecule is NS(=O)(=O)N1CCCCC1C(F)F. The Morgan fingerprint density at radius 2 is 2.00 bits per heavy atom. The number of halogens is 2. The highest BCUT2D eigenvalue weighted by Gasteiger charge is 2.35. The molecule has 78 valence electrons. The van der Waals surface area contributed by atoms with Crippen LogP contribution in [0.2, 0.25) is 0 Å². The molecule has 1 unspecified atom stereocenters. The van der Waals surface area contributed by atoms with Crippen LogP contribution in [0.3, 0.4) is 0 Å². The first-order valence-corrected chi connectivity index (χ1v) is 5.51. The highest BCUT2D eigenvalue weighted by molar-refractivity contribution is 7.86. The number of alkyl halides is 2. The first-order valence-electron chi connectivity index (χ1n) is 4.00. The van der Waals surface area contributed by atoms with E-state index in [-0.39, 0.29) is 13.0 Å². The summed E-state index contributed by atoms with van der Waals surface area (Å²) < 4.78 is 47.1. The average molecular weight is 214 g/mol. The molecule has 0 aromatic carbocycles. The average Bonchev–Trinajstić information content (AvgIpc) is 2.03. The predicted molar refractivity (Wildman–Crippen MR) is 43.5 cm³/mol. The lowest BCUT2D eigenvalue weighted by Gasteiger charge is -2.32. The third kappa shape index (κ3) is 2.58. The highest BCUT2D eigenvalue weighted by atomic mass is 32.2. The van der Waals surface area contributed by atoms with Crippen LogP contribution in [0.5, 0.6) is 0 Å². The van der Waals surface area contributed by atoms with E-state index in [9.17, 15) is 17.2 Å². The zero-order valence-corrected chi connectivity index (χ0v) is 7.80. The molecule has 4 nitrogen and oxygen atoms in total. The largest absolute Gasteiger partial charge is 0.277 e. The summed E-state index contributed by atoms with van der Waals surface area (Å²) in [4.78, 5) is 0. The summed E-state index contributed by atoms with van der Waals surface area (Å²) in [5.41, 5.74) is 0. The molecule has 1 aliphatic rings. The molecule has 1 aliphatic heterocycles. The first-order chi connectivity index (χ1) is 5.93. The van der Waals surface area contributed by atoms with Crippen molar-refractivity contribution in [2.75, 3.05) is 6.54 Å². The van der Waals surface area contributed by atoms with Crippen molar-refractivity contribution in [3.8, 4) is 0 Å². The second-order valence-corrected chi connectivity index (χ2v) is 4.55. The Bertz CT molecular complexity index is 268. The normalized spacial score (nSPS) is 26.6. The fraction of sp³-hybridized carbons (Fsp3) is 1.00. The molecule has 0 aliphatic carbocycles. The van der Waals surface area contributed by atoms with E-state index in [4.69, 9.17) is 5.14 Å². The molecule has 0 spiro atoms. The molecule has 13 heavy (non-hydrogen) atoms. The molecule has 0 radical (unpaired) electrons. The summed E-state index contributed by atoms with van der Waals surface area (Å²) in [6.45, 7) is 0.105. The molecule has 0 aromatic rings. The third-order valence-corrected chi connectivity index (χ3v) is 3.22. The fourth-order valence-electron chi connectivity index (χ4n) is 1.50. The van der Waals surface area contributed by atoms with Crippen LogP contribution in [-0.4, -0.2) is 31.7 Å². The lowest BCUT2D eigenvalue weighted by atomic mass is 10.1. The predicted octanol–water partition coefficient (Wildman–Crippen LogP) is 0.309. The van der Waals surface area contributed by atoms with E-state index in [1.165, 1.54) is 0 Å². The van der Waals surface area contributed by atoms with Gasteiger partial charge in [-0.1, -0.05) is 6.42 Å². The lowest BCUT2D eigenvalue weighted by Crippen LogP contribution is -2.50. The van der Waals surface area contributed by atoms with Gasteiger partial charge in [-0.05, 0) is 12.8 Å². The standard InChI is InChI=1S/C6H12F2N2O2S/c7-6(8)5-3-1-2-4-10(5)13(9,11)12/h5-6H,1-4H2,(H2,9,11,12). The Kier molecular flexibility index (Phi) is 3.20.